The first-order chi connectivity index (χ1) is 10.1. The van der Waals surface area contributed by atoms with Gasteiger partial charge in [-0.25, -0.2) is 0 Å². The van der Waals surface area contributed by atoms with Crippen molar-refractivity contribution in [1.29, 1.82) is 0 Å². The smallest absolute Gasteiger partial charge is 0.309 e. The normalized spacial score (nSPS) is 10.1. The third kappa shape index (κ3) is 5.43. The summed E-state index contributed by atoms with van der Waals surface area (Å²) < 4.78 is 11.4. The van der Waals surface area contributed by atoms with Crippen LogP contribution in [0.25, 0.3) is 0 Å². The summed E-state index contributed by atoms with van der Waals surface area (Å²) in [5, 5.41) is 0. The SMILES string of the molecule is Nc1ccc(OCCC(=O)OCc2ccc(Br)cn2)cc1. The van der Waals surface area contributed by atoms with Crippen molar-refractivity contribution in [3.05, 3.63) is 52.8 Å². The Balaban J connectivity index is 1.67. The summed E-state index contributed by atoms with van der Waals surface area (Å²) in [7, 11) is 0. The topological polar surface area (TPSA) is 74.4 Å². The lowest BCUT2D eigenvalue weighted by atomic mass is 10.3. The number of nitrogens with zero attached hydrogens (tertiary/aromatic N) is 1. The number of hydrogen-bond donors (Lipinski definition) is 1. The second kappa shape index (κ2) is 7.64. The fourth-order valence-corrected chi connectivity index (χ4v) is 1.77. The van der Waals surface area contributed by atoms with Crippen molar-refractivity contribution in [3.63, 3.8) is 0 Å². The van der Waals surface area contributed by atoms with E-state index in [1.165, 1.54) is 0 Å². The maximum absolute atomic E-state index is 11.6. The fraction of sp³-hybridized carbons (Fsp3) is 0.200. The molecule has 5 nitrogen and oxygen atoms in total. The Morgan fingerprint density at radius 2 is 1.95 bits per heavy atom. The van der Waals surface area contributed by atoms with Gasteiger partial charge in [-0.3, -0.25) is 9.78 Å². The summed E-state index contributed by atoms with van der Waals surface area (Å²) in [6, 6.07) is 10.6. The van der Waals surface area contributed by atoms with Gasteiger partial charge in [0.25, 0.3) is 0 Å². The number of anilines is 1. The van der Waals surface area contributed by atoms with Crippen molar-refractivity contribution in [1.82, 2.24) is 4.98 Å². The minimum atomic E-state index is -0.324. The van der Waals surface area contributed by atoms with Crippen LogP contribution < -0.4 is 10.5 Å². The van der Waals surface area contributed by atoms with Crippen LogP contribution in [0.4, 0.5) is 5.69 Å². The first-order valence-corrected chi connectivity index (χ1v) is 7.17. The Morgan fingerprint density at radius 1 is 1.19 bits per heavy atom. The van der Waals surface area contributed by atoms with E-state index in [1.807, 2.05) is 6.07 Å². The molecule has 0 bridgehead atoms. The van der Waals surface area contributed by atoms with Crippen LogP contribution in [-0.4, -0.2) is 17.6 Å². The maximum Gasteiger partial charge on any atom is 0.309 e. The van der Waals surface area contributed by atoms with Crippen LogP contribution in [0, 0.1) is 0 Å². The van der Waals surface area contributed by atoms with Crippen LogP contribution in [0.3, 0.4) is 0 Å². The number of pyridine rings is 1. The van der Waals surface area contributed by atoms with E-state index in [1.54, 1.807) is 36.5 Å². The lowest BCUT2D eigenvalue weighted by Gasteiger charge is -2.07. The van der Waals surface area contributed by atoms with Crippen molar-refractivity contribution in [3.8, 4) is 5.75 Å². The van der Waals surface area contributed by atoms with E-state index < -0.39 is 0 Å². The number of benzene rings is 1. The molecule has 0 fully saturated rings. The van der Waals surface area contributed by atoms with Gasteiger partial charge in [0.15, 0.2) is 0 Å². The van der Waals surface area contributed by atoms with Gasteiger partial charge in [-0.2, -0.15) is 0 Å². The number of ether oxygens (including phenoxy) is 2. The Labute approximate surface area is 131 Å². The predicted molar refractivity (Wildman–Crippen MR) is 82.7 cm³/mol. The maximum atomic E-state index is 11.6. The highest BCUT2D eigenvalue weighted by molar-refractivity contribution is 9.10. The zero-order chi connectivity index (χ0) is 15.1. The van der Waals surface area contributed by atoms with Crippen molar-refractivity contribution in [2.45, 2.75) is 13.0 Å². The minimum absolute atomic E-state index is 0.161. The lowest BCUT2D eigenvalue weighted by molar-refractivity contribution is -0.145. The molecule has 21 heavy (non-hydrogen) atoms. The molecule has 2 aromatic rings. The summed E-state index contributed by atoms with van der Waals surface area (Å²) >= 11 is 3.29. The fourth-order valence-electron chi connectivity index (χ4n) is 1.53. The molecule has 110 valence electrons. The summed E-state index contributed by atoms with van der Waals surface area (Å²) in [5.41, 5.74) is 6.94. The van der Waals surface area contributed by atoms with Crippen LogP contribution in [-0.2, 0) is 16.1 Å². The molecule has 0 unspecified atom stereocenters. The molecule has 0 saturated carbocycles. The third-order valence-corrected chi connectivity index (χ3v) is 3.09. The van der Waals surface area contributed by atoms with Crippen LogP contribution in [0.1, 0.15) is 12.1 Å². The van der Waals surface area contributed by atoms with Gasteiger partial charge in [0, 0.05) is 16.4 Å². The number of esters is 1. The number of aromatic nitrogens is 1. The summed E-state index contributed by atoms with van der Waals surface area (Å²) in [6.07, 6.45) is 1.84. The Hall–Kier alpha value is -2.08. The molecule has 1 heterocycles. The van der Waals surface area contributed by atoms with E-state index in [4.69, 9.17) is 15.2 Å². The van der Waals surface area contributed by atoms with Crippen molar-refractivity contribution >= 4 is 27.6 Å². The summed E-state index contributed by atoms with van der Waals surface area (Å²) in [5.74, 6) is 0.349. The van der Waals surface area contributed by atoms with Gasteiger partial charge in [-0.15, -0.1) is 0 Å². The van der Waals surface area contributed by atoms with Gasteiger partial charge in [0.05, 0.1) is 18.7 Å². The molecule has 0 aliphatic carbocycles. The van der Waals surface area contributed by atoms with E-state index in [0.29, 0.717) is 17.1 Å². The Morgan fingerprint density at radius 3 is 2.62 bits per heavy atom. The number of halogens is 1. The van der Waals surface area contributed by atoms with E-state index >= 15 is 0 Å². The number of nitrogen functional groups attached to an aromatic ring is 1. The van der Waals surface area contributed by atoms with Crippen molar-refractivity contribution < 1.29 is 14.3 Å². The second-order valence-corrected chi connectivity index (χ2v) is 5.21. The van der Waals surface area contributed by atoms with Gasteiger partial charge >= 0.3 is 5.97 Å². The van der Waals surface area contributed by atoms with E-state index in [2.05, 4.69) is 20.9 Å². The molecule has 0 saturated heterocycles. The zero-order valence-corrected chi connectivity index (χ0v) is 12.9. The first kappa shape index (κ1) is 15.3. The third-order valence-electron chi connectivity index (χ3n) is 2.62. The molecule has 1 aromatic heterocycles. The number of hydrogen-bond acceptors (Lipinski definition) is 5. The average Bonchev–Trinajstić information content (AvgIpc) is 2.49. The zero-order valence-electron chi connectivity index (χ0n) is 11.3. The van der Waals surface area contributed by atoms with Crippen LogP contribution in [0.15, 0.2) is 47.1 Å². The average molecular weight is 351 g/mol. The molecule has 2 rings (SSSR count). The molecule has 0 atom stereocenters. The molecule has 2 N–H and O–H groups in total. The van der Waals surface area contributed by atoms with Crippen LogP contribution >= 0.6 is 15.9 Å². The monoisotopic (exact) mass is 350 g/mol. The van der Waals surface area contributed by atoms with Gasteiger partial charge in [-0.1, -0.05) is 0 Å². The molecule has 1 aromatic carbocycles. The molecule has 0 aliphatic heterocycles. The molecule has 0 spiro atoms. The largest absolute Gasteiger partial charge is 0.493 e. The Kier molecular flexibility index (Phi) is 5.57. The summed E-state index contributed by atoms with van der Waals surface area (Å²) in [6.45, 7) is 0.421. The number of carbonyl (C=O) groups excluding carboxylic acids is 1. The highest BCUT2D eigenvalue weighted by Gasteiger charge is 2.05. The van der Waals surface area contributed by atoms with Crippen molar-refractivity contribution in [2.24, 2.45) is 0 Å². The van der Waals surface area contributed by atoms with E-state index in [0.717, 1.165) is 4.47 Å². The lowest BCUT2D eigenvalue weighted by Crippen LogP contribution is -2.10. The van der Waals surface area contributed by atoms with Crippen LogP contribution in [0.5, 0.6) is 5.75 Å². The Bertz CT molecular complexity index is 585. The molecule has 0 amide bonds. The standard InChI is InChI=1S/C15H15BrN2O3/c16-11-1-4-13(18-9-11)10-21-15(19)7-8-20-14-5-2-12(17)3-6-14/h1-6,9H,7-8,10,17H2. The van der Waals surface area contributed by atoms with Gasteiger partial charge in [0.2, 0.25) is 0 Å². The van der Waals surface area contributed by atoms with E-state index in [-0.39, 0.29) is 25.6 Å². The van der Waals surface area contributed by atoms with Crippen LogP contribution in [0.2, 0.25) is 0 Å². The molecule has 0 aliphatic rings. The molecule has 0 radical (unpaired) electrons. The predicted octanol–water partition coefficient (Wildman–Crippen LogP) is 2.94. The second-order valence-electron chi connectivity index (χ2n) is 4.30. The van der Waals surface area contributed by atoms with E-state index in [9.17, 15) is 4.79 Å². The summed E-state index contributed by atoms with van der Waals surface area (Å²) in [4.78, 5) is 15.7. The number of rotatable bonds is 6. The van der Waals surface area contributed by atoms with Gasteiger partial charge in [0.1, 0.15) is 12.4 Å². The van der Waals surface area contributed by atoms with Gasteiger partial charge in [-0.05, 0) is 52.3 Å². The number of nitrogens with two attached hydrogens (primary N) is 1. The first-order valence-electron chi connectivity index (χ1n) is 6.38. The molecular formula is C15H15BrN2O3. The highest BCUT2D eigenvalue weighted by atomic mass is 79.9. The quantitative estimate of drug-likeness (QED) is 0.640. The molecular weight excluding hydrogens is 336 g/mol. The minimum Gasteiger partial charge on any atom is -0.493 e. The van der Waals surface area contributed by atoms with Crippen molar-refractivity contribution in [2.75, 3.05) is 12.3 Å². The highest BCUT2D eigenvalue weighted by Crippen LogP contribution is 2.13. The molecule has 6 heteroatoms. The number of carbonyl (C=O) groups is 1. The van der Waals surface area contributed by atoms with Gasteiger partial charge < -0.3 is 15.2 Å².